The zero-order valence-corrected chi connectivity index (χ0v) is 19.5. The number of amides is 1. The zero-order chi connectivity index (χ0) is 22.7. The van der Waals surface area contributed by atoms with E-state index >= 15 is 0 Å². The Morgan fingerprint density at radius 3 is 1.91 bits per heavy atom. The predicted molar refractivity (Wildman–Crippen MR) is 138 cm³/mol. The molecule has 0 heterocycles. The van der Waals surface area contributed by atoms with E-state index in [9.17, 15) is 4.79 Å². The fourth-order valence-corrected chi connectivity index (χ4v) is 4.96. The van der Waals surface area contributed by atoms with Gasteiger partial charge in [0.2, 0.25) is 5.91 Å². The summed E-state index contributed by atoms with van der Waals surface area (Å²) < 4.78 is 0. The van der Waals surface area contributed by atoms with Gasteiger partial charge in [-0.2, -0.15) is 0 Å². The maximum Gasteiger partial charge on any atom is 0.225 e. The van der Waals surface area contributed by atoms with Crippen molar-refractivity contribution in [1.29, 1.82) is 0 Å². The molecule has 1 saturated carbocycles. The maximum atomic E-state index is 13.5. The van der Waals surface area contributed by atoms with Crippen LogP contribution in [0, 0.1) is 5.92 Å². The second-order valence-corrected chi connectivity index (χ2v) is 9.09. The molecule has 170 valence electrons. The molecule has 0 atom stereocenters. The van der Waals surface area contributed by atoms with E-state index in [1.807, 2.05) is 6.07 Å². The summed E-state index contributed by atoms with van der Waals surface area (Å²) in [4.78, 5) is 15.6. The Bertz CT molecular complexity index is 951. The average Bonchev–Trinajstić information content (AvgIpc) is 2.90. The lowest BCUT2D eigenvalue weighted by atomic mass is 9.87. The molecule has 0 aromatic heterocycles. The van der Waals surface area contributed by atoms with Gasteiger partial charge in [-0.15, -0.1) is 0 Å². The highest BCUT2D eigenvalue weighted by Gasteiger charge is 2.26. The molecule has 1 aliphatic carbocycles. The fourth-order valence-electron chi connectivity index (χ4n) is 4.96. The van der Waals surface area contributed by atoms with Gasteiger partial charge in [0.05, 0.1) is 0 Å². The monoisotopic (exact) mass is 437 g/mol. The van der Waals surface area contributed by atoms with Crippen molar-refractivity contribution in [3.8, 4) is 0 Å². The van der Waals surface area contributed by atoms with Crippen LogP contribution in [0.3, 0.4) is 0 Å². The van der Waals surface area contributed by atoms with E-state index in [0.717, 1.165) is 25.8 Å². The quantitative estimate of drug-likeness (QED) is 0.343. The largest absolute Gasteiger partial charge is 0.339 e. The van der Waals surface area contributed by atoms with Crippen LogP contribution in [0.25, 0.3) is 6.08 Å². The molecule has 2 nitrogen and oxygen atoms in total. The topological polar surface area (TPSA) is 20.3 Å². The molecule has 1 aliphatic rings. The molecule has 0 aliphatic heterocycles. The fraction of sp³-hybridized carbons (Fsp3) is 0.323. The SMILES string of the molecule is O=C(C1CCCCC1)N(C/C=C/c1ccccc1)CCC(c1ccccc1)c1ccccc1. The number of rotatable bonds is 9. The van der Waals surface area contributed by atoms with Gasteiger partial charge in [0.15, 0.2) is 0 Å². The van der Waals surface area contributed by atoms with Gasteiger partial charge < -0.3 is 4.90 Å². The number of benzene rings is 3. The van der Waals surface area contributed by atoms with Gasteiger partial charge in [0, 0.05) is 24.9 Å². The molecular weight excluding hydrogens is 402 g/mol. The first-order valence-electron chi connectivity index (χ1n) is 12.4. The Morgan fingerprint density at radius 1 is 0.788 bits per heavy atom. The Balaban J connectivity index is 1.51. The van der Waals surface area contributed by atoms with Crippen molar-refractivity contribution >= 4 is 12.0 Å². The highest BCUT2D eigenvalue weighted by molar-refractivity contribution is 5.79. The minimum Gasteiger partial charge on any atom is -0.339 e. The normalized spacial score (nSPS) is 14.6. The Labute approximate surface area is 199 Å². The van der Waals surface area contributed by atoms with E-state index in [1.54, 1.807) is 0 Å². The highest BCUT2D eigenvalue weighted by atomic mass is 16.2. The standard InChI is InChI=1S/C31H35NO/c33-31(29-21-11-4-12-22-29)32(24-13-16-26-14-5-1-6-15-26)25-23-30(27-17-7-2-8-18-27)28-19-9-3-10-20-28/h1-3,5-10,13-20,29-30H,4,11-12,21-25H2/b16-13+. The van der Waals surface area contributed by atoms with Crippen molar-refractivity contribution in [2.45, 2.75) is 44.4 Å². The second-order valence-electron chi connectivity index (χ2n) is 9.09. The molecule has 2 heteroatoms. The van der Waals surface area contributed by atoms with Gasteiger partial charge in [-0.05, 0) is 36.0 Å². The van der Waals surface area contributed by atoms with Gasteiger partial charge in [-0.1, -0.05) is 122 Å². The first kappa shape index (κ1) is 23.0. The van der Waals surface area contributed by atoms with Crippen LogP contribution < -0.4 is 0 Å². The van der Waals surface area contributed by atoms with Crippen molar-refractivity contribution in [2.24, 2.45) is 5.92 Å². The van der Waals surface area contributed by atoms with Gasteiger partial charge in [-0.3, -0.25) is 4.79 Å². The van der Waals surface area contributed by atoms with E-state index < -0.39 is 0 Å². The predicted octanol–water partition coefficient (Wildman–Crippen LogP) is 7.33. The molecule has 0 bridgehead atoms. The lowest BCUT2D eigenvalue weighted by molar-refractivity contribution is -0.136. The third-order valence-corrected chi connectivity index (χ3v) is 6.79. The van der Waals surface area contributed by atoms with Gasteiger partial charge in [0.25, 0.3) is 0 Å². The van der Waals surface area contributed by atoms with E-state index in [1.165, 1.54) is 36.0 Å². The number of hydrogen-bond donors (Lipinski definition) is 0. The van der Waals surface area contributed by atoms with Crippen molar-refractivity contribution in [1.82, 2.24) is 4.90 Å². The second kappa shape index (κ2) is 12.2. The molecule has 3 aromatic rings. The van der Waals surface area contributed by atoms with E-state index in [0.29, 0.717) is 12.5 Å². The van der Waals surface area contributed by atoms with Crippen molar-refractivity contribution in [3.63, 3.8) is 0 Å². The summed E-state index contributed by atoms with van der Waals surface area (Å²) in [7, 11) is 0. The minimum absolute atomic E-state index is 0.191. The molecule has 33 heavy (non-hydrogen) atoms. The van der Waals surface area contributed by atoms with Gasteiger partial charge in [0.1, 0.15) is 0 Å². The number of nitrogens with zero attached hydrogens (tertiary/aromatic N) is 1. The van der Waals surface area contributed by atoms with Crippen LogP contribution in [-0.2, 0) is 4.79 Å². The average molecular weight is 438 g/mol. The molecule has 0 saturated heterocycles. The Morgan fingerprint density at radius 2 is 1.33 bits per heavy atom. The summed E-state index contributed by atoms with van der Waals surface area (Å²) in [6.45, 7) is 1.43. The lowest BCUT2D eigenvalue weighted by Gasteiger charge is -2.30. The van der Waals surface area contributed by atoms with E-state index in [4.69, 9.17) is 0 Å². The van der Waals surface area contributed by atoms with Crippen LogP contribution in [0.4, 0.5) is 0 Å². The van der Waals surface area contributed by atoms with Crippen LogP contribution in [0.5, 0.6) is 0 Å². The number of hydrogen-bond acceptors (Lipinski definition) is 1. The molecule has 0 radical (unpaired) electrons. The lowest BCUT2D eigenvalue weighted by Crippen LogP contribution is -2.38. The summed E-state index contributed by atoms with van der Waals surface area (Å²) in [6, 6.07) is 31.7. The van der Waals surface area contributed by atoms with Crippen LogP contribution in [-0.4, -0.2) is 23.9 Å². The van der Waals surface area contributed by atoms with Gasteiger partial charge in [-0.25, -0.2) is 0 Å². The summed E-state index contributed by atoms with van der Waals surface area (Å²) in [5, 5.41) is 0. The van der Waals surface area contributed by atoms with Crippen LogP contribution in [0.1, 0.15) is 61.1 Å². The van der Waals surface area contributed by atoms with E-state index in [2.05, 4.69) is 102 Å². The smallest absolute Gasteiger partial charge is 0.225 e. The molecule has 4 rings (SSSR count). The van der Waals surface area contributed by atoms with Crippen molar-refractivity contribution < 1.29 is 4.79 Å². The van der Waals surface area contributed by atoms with Crippen LogP contribution in [0.2, 0.25) is 0 Å². The molecule has 0 spiro atoms. The molecule has 0 N–H and O–H groups in total. The Kier molecular flexibility index (Phi) is 8.52. The van der Waals surface area contributed by atoms with Crippen molar-refractivity contribution in [2.75, 3.05) is 13.1 Å². The third kappa shape index (κ3) is 6.68. The summed E-state index contributed by atoms with van der Waals surface area (Å²) in [6.07, 6.45) is 10.9. The number of carbonyl (C=O) groups is 1. The third-order valence-electron chi connectivity index (χ3n) is 6.79. The molecule has 0 unspecified atom stereocenters. The molecule has 1 fully saturated rings. The molecular formula is C31H35NO. The van der Waals surface area contributed by atoms with E-state index in [-0.39, 0.29) is 11.8 Å². The van der Waals surface area contributed by atoms with Crippen LogP contribution >= 0.6 is 0 Å². The molecule has 1 amide bonds. The Hall–Kier alpha value is -3.13. The van der Waals surface area contributed by atoms with Crippen molar-refractivity contribution in [3.05, 3.63) is 114 Å². The summed E-state index contributed by atoms with van der Waals surface area (Å²) in [5.74, 6) is 0.815. The van der Waals surface area contributed by atoms with Gasteiger partial charge >= 0.3 is 0 Å². The zero-order valence-electron chi connectivity index (χ0n) is 19.5. The summed E-state index contributed by atoms with van der Waals surface area (Å²) in [5.41, 5.74) is 3.80. The highest BCUT2D eigenvalue weighted by Crippen LogP contribution is 2.30. The maximum absolute atomic E-state index is 13.5. The van der Waals surface area contributed by atoms with Crippen LogP contribution in [0.15, 0.2) is 97.1 Å². The minimum atomic E-state index is 0.191. The first-order valence-corrected chi connectivity index (χ1v) is 12.4. The first-order chi connectivity index (χ1) is 16.3. The number of carbonyl (C=O) groups excluding carboxylic acids is 1. The summed E-state index contributed by atoms with van der Waals surface area (Å²) >= 11 is 0. The molecule has 3 aromatic carbocycles.